The van der Waals surface area contributed by atoms with E-state index in [0.29, 0.717) is 30.6 Å². The second-order valence-corrected chi connectivity index (χ2v) is 8.08. The Morgan fingerprint density at radius 3 is 2.63 bits per heavy atom. The van der Waals surface area contributed by atoms with Gasteiger partial charge in [-0.2, -0.15) is 13.2 Å². The average Bonchev–Trinajstić information content (AvgIpc) is 3.18. The summed E-state index contributed by atoms with van der Waals surface area (Å²) in [5.41, 5.74) is 7.51. The standard InChI is InChI=1S/C24H27F4N3O4/c1-15(10-16-11-17-4-6-31(7-8-32)22(17)19(12-16)23(29)33)30-5-9-34-20-3-2-18(25)13-21(20)35-14-24(26,27)28/h2-4,6,11-13,15,30,32H,5,7-10,14H2,1H3,(H2,29,33)/t15-/m1/s1. The molecule has 0 saturated carbocycles. The van der Waals surface area contributed by atoms with Gasteiger partial charge in [-0.1, -0.05) is 0 Å². The summed E-state index contributed by atoms with van der Waals surface area (Å²) < 4.78 is 62.6. The second kappa shape index (κ2) is 11.4. The number of halogens is 4. The molecule has 0 unspecified atom stereocenters. The van der Waals surface area contributed by atoms with Crippen molar-refractivity contribution in [2.75, 3.05) is 26.4 Å². The molecule has 3 aromatic rings. The van der Waals surface area contributed by atoms with Crippen LogP contribution in [0.3, 0.4) is 0 Å². The number of aromatic nitrogens is 1. The molecular formula is C24H27F4N3O4. The van der Waals surface area contributed by atoms with Gasteiger partial charge in [0, 0.05) is 36.8 Å². The molecule has 1 aromatic heterocycles. The molecule has 1 amide bonds. The summed E-state index contributed by atoms with van der Waals surface area (Å²) in [6.45, 7) is 1.12. The summed E-state index contributed by atoms with van der Waals surface area (Å²) in [5, 5.41) is 13.3. The number of nitrogens with one attached hydrogen (secondary N) is 1. The van der Waals surface area contributed by atoms with Crippen molar-refractivity contribution in [1.82, 2.24) is 9.88 Å². The first-order valence-electron chi connectivity index (χ1n) is 10.9. The zero-order valence-electron chi connectivity index (χ0n) is 19.1. The molecule has 0 aliphatic heterocycles. The van der Waals surface area contributed by atoms with Crippen LogP contribution in [0.4, 0.5) is 17.6 Å². The zero-order valence-corrected chi connectivity index (χ0v) is 19.1. The number of carbonyl (C=O) groups is 1. The molecule has 1 heterocycles. The number of rotatable bonds is 12. The second-order valence-electron chi connectivity index (χ2n) is 8.08. The molecule has 0 spiro atoms. The Hall–Kier alpha value is -3.31. The minimum Gasteiger partial charge on any atom is -0.488 e. The highest BCUT2D eigenvalue weighted by molar-refractivity contribution is 6.05. The van der Waals surface area contributed by atoms with Gasteiger partial charge in [0.15, 0.2) is 18.1 Å². The lowest BCUT2D eigenvalue weighted by Gasteiger charge is -2.17. The first-order chi connectivity index (χ1) is 16.6. The number of alkyl halides is 3. The van der Waals surface area contributed by atoms with Crippen LogP contribution in [0.15, 0.2) is 42.6 Å². The molecule has 0 fully saturated rings. The summed E-state index contributed by atoms with van der Waals surface area (Å²) in [7, 11) is 0. The van der Waals surface area contributed by atoms with Gasteiger partial charge in [-0.15, -0.1) is 0 Å². The molecule has 11 heteroatoms. The molecule has 0 saturated heterocycles. The third-order valence-corrected chi connectivity index (χ3v) is 5.22. The Labute approximate surface area is 199 Å². The normalized spacial score (nSPS) is 12.6. The predicted molar refractivity (Wildman–Crippen MR) is 122 cm³/mol. The van der Waals surface area contributed by atoms with E-state index in [0.717, 1.165) is 23.1 Å². The molecule has 3 rings (SSSR count). The number of amides is 1. The number of aliphatic hydroxyl groups is 1. The van der Waals surface area contributed by atoms with Crippen molar-refractivity contribution in [3.05, 3.63) is 59.5 Å². The van der Waals surface area contributed by atoms with Crippen LogP contribution in [0.1, 0.15) is 22.8 Å². The molecule has 35 heavy (non-hydrogen) atoms. The monoisotopic (exact) mass is 497 g/mol. The third kappa shape index (κ3) is 7.33. The first kappa shape index (κ1) is 26.3. The summed E-state index contributed by atoms with van der Waals surface area (Å²) in [4.78, 5) is 12.0. The number of carbonyl (C=O) groups excluding carboxylic acids is 1. The van der Waals surface area contributed by atoms with Crippen LogP contribution >= 0.6 is 0 Å². The Morgan fingerprint density at radius 2 is 1.94 bits per heavy atom. The Bertz CT molecular complexity index is 1160. The van der Waals surface area contributed by atoms with Gasteiger partial charge in [0.2, 0.25) is 0 Å². The lowest BCUT2D eigenvalue weighted by atomic mass is 10.0. The van der Waals surface area contributed by atoms with Crippen LogP contribution < -0.4 is 20.5 Å². The third-order valence-electron chi connectivity index (χ3n) is 5.22. The number of aliphatic hydroxyl groups excluding tert-OH is 1. The predicted octanol–water partition coefficient (Wildman–Crippen LogP) is 3.41. The summed E-state index contributed by atoms with van der Waals surface area (Å²) >= 11 is 0. The lowest BCUT2D eigenvalue weighted by Crippen LogP contribution is -2.32. The maximum absolute atomic E-state index is 13.4. The number of fused-ring (bicyclic) bond motifs is 1. The fourth-order valence-electron chi connectivity index (χ4n) is 3.78. The van der Waals surface area contributed by atoms with E-state index < -0.39 is 24.5 Å². The van der Waals surface area contributed by atoms with Gasteiger partial charge in [0.05, 0.1) is 17.7 Å². The summed E-state index contributed by atoms with van der Waals surface area (Å²) in [6, 6.07) is 8.64. The van der Waals surface area contributed by atoms with Crippen molar-refractivity contribution in [2.24, 2.45) is 5.73 Å². The van der Waals surface area contributed by atoms with E-state index in [-0.39, 0.29) is 30.8 Å². The zero-order chi connectivity index (χ0) is 25.6. The van der Waals surface area contributed by atoms with Crippen molar-refractivity contribution in [1.29, 1.82) is 0 Å². The first-order valence-corrected chi connectivity index (χ1v) is 10.9. The van der Waals surface area contributed by atoms with E-state index in [2.05, 4.69) is 10.1 Å². The number of nitrogens with zero attached hydrogens (tertiary/aromatic N) is 1. The quantitative estimate of drug-likeness (QED) is 0.263. The molecule has 0 aliphatic rings. The minimum absolute atomic E-state index is 0.00838. The van der Waals surface area contributed by atoms with Crippen LogP contribution in [0.25, 0.3) is 10.9 Å². The molecule has 4 N–H and O–H groups in total. The maximum atomic E-state index is 13.4. The number of nitrogens with two attached hydrogens (primary N) is 1. The molecule has 190 valence electrons. The van der Waals surface area contributed by atoms with E-state index in [9.17, 15) is 27.5 Å². The largest absolute Gasteiger partial charge is 0.488 e. The molecule has 0 aliphatic carbocycles. The molecule has 1 atom stereocenters. The molecule has 7 nitrogen and oxygen atoms in total. The fourth-order valence-corrected chi connectivity index (χ4v) is 3.78. The van der Waals surface area contributed by atoms with Gasteiger partial charge in [0.25, 0.3) is 5.91 Å². The SMILES string of the molecule is C[C@H](Cc1cc(C(N)=O)c2c(ccn2CCO)c1)NCCOc1ccc(F)cc1OCC(F)(F)F. The lowest BCUT2D eigenvalue weighted by molar-refractivity contribution is -0.153. The van der Waals surface area contributed by atoms with Crippen LogP contribution in [-0.2, 0) is 13.0 Å². The minimum atomic E-state index is -4.56. The van der Waals surface area contributed by atoms with Gasteiger partial charge in [-0.3, -0.25) is 4.79 Å². The average molecular weight is 497 g/mol. The van der Waals surface area contributed by atoms with E-state index in [1.165, 1.54) is 6.07 Å². The van der Waals surface area contributed by atoms with Gasteiger partial charge >= 0.3 is 6.18 Å². The van der Waals surface area contributed by atoms with Crippen LogP contribution in [-0.4, -0.2) is 54.2 Å². The molecule has 2 aromatic carbocycles. The van der Waals surface area contributed by atoms with Crippen molar-refractivity contribution in [3.8, 4) is 11.5 Å². The highest BCUT2D eigenvalue weighted by Gasteiger charge is 2.29. The highest BCUT2D eigenvalue weighted by Crippen LogP contribution is 2.30. The van der Waals surface area contributed by atoms with Crippen molar-refractivity contribution in [3.63, 3.8) is 0 Å². The van der Waals surface area contributed by atoms with Crippen molar-refractivity contribution in [2.45, 2.75) is 32.1 Å². The van der Waals surface area contributed by atoms with E-state index >= 15 is 0 Å². The summed E-state index contributed by atoms with van der Waals surface area (Å²) in [6.07, 6.45) is -2.20. The van der Waals surface area contributed by atoms with E-state index in [1.54, 1.807) is 16.8 Å². The van der Waals surface area contributed by atoms with Crippen LogP contribution in [0.2, 0.25) is 0 Å². The van der Waals surface area contributed by atoms with Gasteiger partial charge in [-0.25, -0.2) is 4.39 Å². The smallest absolute Gasteiger partial charge is 0.422 e. The van der Waals surface area contributed by atoms with Crippen LogP contribution in [0.5, 0.6) is 11.5 Å². The highest BCUT2D eigenvalue weighted by atomic mass is 19.4. The van der Waals surface area contributed by atoms with Gasteiger partial charge in [-0.05, 0) is 49.2 Å². The Balaban J connectivity index is 1.58. The molecule has 0 radical (unpaired) electrons. The topological polar surface area (TPSA) is 98.7 Å². The van der Waals surface area contributed by atoms with Crippen molar-refractivity contribution >= 4 is 16.8 Å². The number of hydrogen-bond donors (Lipinski definition) is 3. The van der Waals surface area contributed by atoms with Crippen LogP contribution in [0, 0.1) is 5.82 Å². The Morgan fingerprint density at radius 1 is 1.17 bits per heavy atom. The number of benzene rings is 2. The number of ether oxygens (including phenoxy) is 2. The van der Waals surface area contributed by atoms with Crippen molar-refractivity contribution < 1.29 is 36.9 Å². The van der Waals surface area contributed by atoms with E-state index in [1.807, 2.05) is 19.1 Å². The van der Waals surface area contributed by atoms with E-state index in [4.69, 9.17) is 10.5 Å². The maximum Gasteiger partial charge on any atom is 0.422 e. The number of primary amides is 1. The molecule has 0 bridgehead atoms. The summed E-state index contributed by atoms with van der Waals surface area (Å²) in [5.74, 6) is -1.61. The van der Waals surface area contributed by atoms with Gasteiger partial charge in [0.1, 0.15) is 12.4 Å². The Kier molecular flexibility index (Phi) is 8.57. The fraction of sp³-hybridized carbons (Fsp3) is 0.375. The number of hydrogen-bond acceptors (Lipinski definition) is 5. The van der Waals surface area contributed by atoms with Gasteiger partial charge < -0.3 is 30.2 Å². The molecular weight excluding hydrogens is 470 g/mol.